The summed E-state index contributed by atoms with van der Waals surface area (Å²) in [4.78, 5) is 2.38. The molecule has 3 heteroatoms. The van der Waals surface area contributed by atoms with Gasteiger partial charge in [-0.15, -0.1) is 0 Å². The van der Waals surface area contributed by atoms with Crippen LogP contribution in [0, 0.1) is 0 Å². The molecule has 10 aromatic carbocycles. The molecule has 1 aromatic heterocycles. The van der Waals surface area contributed by atoms with E-state index in [1.165, 1.54) is 43.8 Å². The molecule has 1 spiro atoms. The Morgan fingerprint density at radius 1 is 0.345 bits per heavy atom. The average molecular weight is 740 g/mol. The van der Waals surface area contributed by atoms with E-state index < -0.39 is 5.41 Å². The molecule has 1 aliphatic carbocycles. The van der Waals surface area contributed by atoms with Crippen molar-refractivity contribution < 1.29 is 9.15 Å². The van der Waals surface area contributed by atoms with Crippen LogP contribution in [0.4, 0.5) is 17.1 Å². The predicted octanol–water partition coefficient (Wildman–Crippen LogP) is 15.0. The van der Waals surface area contributed by atoms with Crippen molar-refractivity contribution in [2.45, 2.75) is 5.41 Å². The van der Waals surface area contributed by atoms with Gasteiger partial charge in [-0.2, -0.15) is 0 Å². The van der Waals surface area contributed by atoms with E-state index in [-0.39, 0.29) is 0 Å². The molecule has 270 valence electrons. The Bertz CT molecular complexity index is 3480. The predicted molar refractivity (Wildman–Crippen MR) is 238 cm³/mol. The van der Waals surface area contributed by atoms with E-state index in [2.05, 4.69) is 205 Å². The Kier molecular flexibility index (Phi) is 6.37. The highest BCUT2D eigenvalue weighted by molar-refractivity contribution is 6.18. The summed E-state index contributed by atoms with van der Waals surface area (Å²) in [5.74, 6) is 1.74. The van der Waals surface area contributed by atoms with Crippen molar-refractivity contribution in [1.29, 1.82) is 0 Å². The van der Waals surface area contributed by atoms with Crippen molar-refractivity contribution in [3.63, 3.8) is 0 Å². The Hall–Kier alpha value is -7.62. The minimum atomic E-state index is -0.592. The SMILES string of the molecule is c1ccc2c(c1)Oc1ccc(N(c3ccc4c(ccc5ccccc54)c3)c3cccc4c3oc3c5ccccc5ccc43)cc1C21c2ccccc2-c2ccccc21. The molecule has 0 radical (unpaired) electrons. The van der Waals surface area contributed by atoms with Crippen LogP contribution < -0.4 is 9.64 Å². The molecular formula is C55H33NO2. The molecular weight excluding hydrogens is 707 g/mol. The highest BCUT2D eigenvalue weighted by Crippen LogP contribution is 2.62. The van der Waals surface area contributed by atoms with Gasteiger partial charge in [0.1, 0.15) is 17.1 Å². The number of hydrogen-bond donors (Lipinski definition) is 0. The number of nitrogens with zero attached hydrogens (tertiary/aromatic N) is 1. The number of anilines is 3. The number of fused-ring (bicyclic) bond motifs is 17. The lowest BCUT2D eigenvalue weighted by Crippen LogP contribution is -2.32. The van der Waals surface area contributed by atoms with Crippen LogP contribution in [0.15, 0.2) is 205 Å². The van der Waals surface area contributed by atoms with Crippen molar-refractivity contribution in [3.8, 4) is 22.6 Å². The first kappa shape index (κ1) is 31.6. The fraction of sp³-hybridized carbons (Fsp3) is 0.0182. The lowest BCUT2D eigenvalue weighted by Gasteiger charge is -2.40. The molecule has 0 bridgehead atoms. The fourth-order valence-corrected chi connectivity index (χ4v) is 10.2. The molecule has 58 heavy (non-hydrogen) atoms. The molecule has 0 atom stereocenters. The van der Waals surface area contributed by atoms with Gasteiger partial charge in [0.15, 0.2) is 5.58 Å². The monoisotopic (exact) mass is 739 g/mol. The van der Waals surface area contributed by atoms with Gasteiger partial charge in [-0.05, 0) is 97.7 Å². The first-order valence-electron chi connectivity index (χ1n) is 19.9. The molecule has 3 nitrogen and oxygen atoms in total. The van der Waals surface area contributed by atoms with Crippen LogP contribution in [0.1, 0.15) is 22.3 Å². The zero-order valence-electron chi connectivity index (χ0n) is 31.3. The van der Waals surface area contributed by atoms with Crippen LogP contribution in [-0.4, -0.2) is 0 Å². The van der Waals surface area contributed by atoms with Gasteiger partial charge in [-0.1, -0.05) is 152 Å². The summed E-state index contributed by atoms with van der Waals surface area (Å²) in [5, 5.41) is 9.33. The molecule has 2 heterocycles. The van der Waals surface area contributed by atoms with Gasteiger partial charge in [0, 0.05) is 38.7 Å². The highest BCUT2D eigenvalue weighted by atomic mass is 16.5. The van der Waals surface area contributed by atoms with E-state index in [0.717, 1.165) is 72.4 Å². The third-order valence-electron chi connectivity index (χ3n) is 12.7. The topological polar surface area (TPSA) is 25.6 Å². The van der Waals surface area contributed by atoms with Crippen LogP contribution in [-0.2, 0) is 5.41 Å². The summed E-state index contributed by atoms with van der Waals surface area (Å²) in [6, 6.07) is 72.4. The van der Waals surface area contributed by atoms with Crippen molar-refractivity contribution in [3.05, 3.63) is 222 Å². The Balaban J connectivity index is 1.11. The molecule has 0 unspecified atom stereocenters. The molecule has 0 N–H and O–H groups in total. The molecule has 0 amide bonds. The second kappa shape index (κ2) is 11.7. The number of ether oxygens (including phenoxy) is 1. The zero-order valence-corrected chi connectivity index (χ0v) is 31.3. The number of hydrogen-bond acceptors (Lipinski definition) is 3. The average Bonchev–Trinajstić information content (AvgIpc) is 3.82. The lowest BCUT2D eigenvalue weighted by atomic mass is 9.66. The number of para-hydroxylation sites is 2. The minimum Gasteiger partial charge on any atom is -0.457 e. The van der Waals surface area contributed by atoms with Crippen LogP contribution in [0.2, 0.25) is 0 Å². The third-order valence-corrected chi connectivity index (χ3v) is 12.7. The first-order valence-corrected chi connectivity index (χ1v) is 19.9. The van der Waals surface area contributed by atoms with Gasteiger partial charge in [-0.25, -0.2) is 0 Å². The van der Waals surface area contributed by atoms with Crippen LogP contribution >= 0.6 is 0 Å². The van der Waals surface area contributed by atoms with Crippen LogP contribution in [0.5, 0.6) is 11.5 Å². The van der Waals surface area contributed by atoms with Crippen LogP contribution in [0.25, 0.3) is 65.4 Å². The Labute approximate surface area is 334 Å². The summed E-state index contributed by atoms with van der Waals surface area (Å²) in [6.45, 7) is 0. The summed E-state index contributed by atoms with van der Waals surface area (Å²) in [6.07, 6.45) is 0. The number of furan rings is 1. The van der Waals surface area contributed by atoms with Gasteiger partial charge < -0.3 is 14.1 Å². The van der Waals surface area contributed by atoms with Crippen molar-refractivity contribution in [1.82, 2.24) is 0 Å². The molecule has 2 aliphatic rings. The standard InChI is InChI=1S/C55H33NO2/c1-3-14-39-34(12-1)24-25-36-32-37(27-30-40(36)39)56(50-22-11-18-44-45-29-26-35-13-2-4-15-41(35)53(45)58-54(44)50)38-28-31-52-49(33-38)55(48-21-9-10-23-51(48)57-52)46-19-7-5-16-42(46)43-17-6-8-20-47(43)55/h1-33H. The maximum absolute atomic E-state index is 7.04. The van der Waals surface area contributed by atoms with Crippen LogP contribution in [0.3, 0.4) is 0 Å². The van der Waals surface area contributed by atoms with Gasteiger partial charge in [0.05, 0.1) is 11.1 Å². The van der Waals surface area contributed by atoms with Gasteiger partial charge in [0.2, 0.25) is 0 Å². The van der Waals surface area contributed by atoms with E-state index in [4.69, 9.17) is 9.15 Å². The Morgan fingerprint density at radius 3 is 1.72 bits per heavy atom. The second-order valence-corrected chi connectivity index (χ2v) is 15.6. The summed E-state index contributed by atoms with van der Waals surface area (Å²) in [7, 11) is 0. The largest absolute Gasteiger partial charge is 0.457 e. The highest BCUT2D eigenvalue weighted by Gasteiger charge is 2.51. The minimum absolute atomic E-state index is 0.592. The van der Waals surface area contributed by atoms with E-state index in [1.807, 2.05) is 0 Å². The lowest BCUT2D eigenvalue weighted by molar-refractivity contribution is 0.436. The molecule has 11 aromatic rings. The number of rotatable bonds is 3. The molecule has 13 rings (SSSR count). The van der Waals surface area contributed by atoms with Gasteiger partial charge in [-0.3, -0.25) is 0 Å². The second-order valence-electron chi connectivity index (χ2n) is 15.6. The quantitative estimate of drug-likeness (QED) is 0.169. The zero-order chi connectivity index (χ0) is 38.0. The van der Waals surface area contributed by atoms with E-state index in [1.54, 1.807) is 0 Å². The first-order chi connectivity index (χ1) is 28.8. The van der Waals surface area contributed by atoms with Gasteiger partial charge in [0.25, 0.3) is 0 Å². The molecule has 0 saturated heterocycles. The van der Waals surface area contributed by atoms with Crippen molar-refractivity contribution >= 4 is 71.3 Å². The fourth-order valence-electron chi connectivity index (χ4n) is 10.2. The maximum atomic E-state index is 7.04. The van der Waals surface area contributed by atoms with E-state index in [0.29, 0.717) is 0 Å². The number of benzene rings is 10. The van der Waals surface area contributed by atoms with Crippen molar-refractivity contribution in [2.24, 2.45) is 0 Å². The summed E-state index contributed by atoms with van der Waals surface area (Å²) in [5.41, 5.74) is 11.5. The van der Waals surface area contributed by atoms with Crippen molar-refractivity contribution in [2.75, 3.05) is 4.90 Å². The van der Waals surface area contributed by atoms with E-state index >= 15 is 0 Å². The smallest absolute Gasteiger partial charge is 0.159 e. The normalized spacial score (nSPS) is 13.4. The van der Waals surface area contributed by atoms with Gasteiger partial charge >= 0.3 is 0 Å². The third kappa shape index (κ3) is 4.17. The summed E-state index contributed by atoms with van der Waals surface area (Å²) >= 11 is 0. The molecule has 0 saturated carbocycles. The summed E-state index contributed by atoms with van der Waals surface area (Å²) < 4.78 is 13.9. The molecule has 0 fully saturated rings. The molecule has 1 aliphatic heterocycles. The van der Waals surface area contributed by atoms with E-state index in [9.17, 15) is 0 Å². The maximum Gasteiger partial charge on any atom is 0.159 e. The Morgan fingerprint density at radius 2 is 0.897 bits per heavy atom.